The summed E-state index contributed by atoms with van der Waals surface area (Å²) >= 11 is 0. The fraction of sp³-hybridized carbons (Fsp3) is 0.636. The number of aromatic nitrogens is 2. The maximum atomic E-state index is 11.6. The lowest BCUT2D eigenvalue weighted by Gasteiger charge is -2.15. The summed E-state index contributed by atoms with van der Waals surface area (Å²) in [6, 6.07) is 0. The van der Waals surface area contributed by atoms with Gasteiger partial charge in [-0.1, -0.05) is 0 Å². The number of aromatic amines is 1. The summed E-state index contributed by atoms with van der Waals surface area (Å²) in [6.45, 7) is 1.73. The van der Waals surface area contributed by atoms with E-state index in [4.69, 9.17) is 9.84 Å². The molecule has 0 amide bonds. The Morgan fingerprint density at radius 1 is 1.53 bits per heavy atom. The third kappa shape index (κ3) is 2.48. The van der Waals surface area contributed by atoms with Crippen LogP contribution in [0.2, 0.25) is 0 Å². The molecule has 17 heavy (non-hydrogen) atoms. The molecule has 1 aromatic heterocycles. The molecule has 94 valence electrons. The van der Waals surface area contributed by atoms with E-state index in [1.54, 1.807) is 6.92 Å². The van der Waals surface area contributed by atoms with Crippen LogP contribution >= 0.6 is 0 Å². The van der Waals surface area contributed by atoms with Crippen molar-refractivity contribution in [1.82, 2.24) is 9.55 Å². The molecule has 2 atom stereocenters. The van der Waals surface area contributed by atoms with Gasteiger partial charge in [0.15, 0.2) is 0 Å². The van der Waals surface area contributed by atoms with Gasteiger partial charge in [-0.15, -0.1) is 0 Å². The number of aryl methyl sites for hydroxylation is 1. The second-order valence-electron chi connectivity index (χ2n) is 4.28. The van der Waals surface area contributed by atoms with Crippen molar-refractivity contribution in [3.8, 4) is 0 Å². The maximum absolute atomic E-state index is 11.6. The van der Waals surface area contributed by atoms with Crippen molar-refractivity contribution in [1.29, 1.82) is 0 Å². The zero-order valence-electron chi connectivity index (χ0n) is 9.68. The Labute approximate surface area is 97.9 Å². The second kappa shape index (κ2) is 4.85. The zero-order chi connectivity index (χ0) is 12.4. The predicted octanol–water partition coefficient (Wildman–Crippen LogP) is -0.0950. The van der Waals surface area contributed by atoms with E-state index >= 15 is 0 Å². The lowest BCUT2D eigenvalue weighted by Crippen LogP contribution is -2.33. The van der Waals surface area contributed by atoms with Crippen molar-refractivity contribution in [2.24, 2.45) is 0 Å². The number of aliphatic hydroxyl groups is 1. The highest BCUT2D eigenvalue weighted by atomic mass is 16.5. The Kier molecular flexibility index (Phi) is 3.44. The smallest absolute Gasteiger partial charge is 0.330 e. The monoisotopic (exact) mass is 240 g/mol. The molecule has 1 saturated heterocycles. The molecule has 1 aliphatic rings. The van der Waals surface area contributed by atoms with E-state index in [-0.39, 0.29) is 24.5 Å². The van der Waals surface area contributed by atoms with Crippen molar-refractivity contribution in [3.63, 3.8) is 0 Å². The number of hydrogen-bond acceptors (Lipinski definition) is 4. The van der Waals surface area contributed by atoms with Crippen LogP contribution in [0, 0.1) is 6.92 Å². The molecule has 6 heteroatoms. The predicted molar refractivity (Wildman–Crippen MR) is 60.9 cm³/mol. The Morgan fingerprint density at radius 2 is 2.29 bits per heavy atom. The maximum Gasteiger partial charge on any atom is 0.330 e. The summed E-state index contributed by atoms with van der Waals surface area (Å²) in [5.41, 5.74) is -0.329. The van der Waals surface area contributed by atoms with Crippen molar-refractivity contribution in [3.05, 3.63) is 32.6 Å². The van der Waals surface area contributed by atoms with E-state index < -0.39 is 5.69 Å². The van der Waals surface area contributed by atoms with Crippen LogP contribution in [0.1, 0.15) is 31.1 Å². The minimum atomic E-state index is -0.449. The number of ether oxygens (including phenoxy) is 1. The Bertz CT molecular complexity index is 505. The van der Waals surface area contributed by atoms with E-state index in [0.29, 0.717) is 12.0 Å². The summed E-state index contributed by atoms with van der Waals surface area (Å²) in [6.07, 6.45) is 3.28. The molecule has 6 nitrogen and oxygen atoms in total. The summed E-state index contributed by atoms with van der Waals surface area (Å²) < 4.78 is 7.06. The molecule has 2 unspecified atom stereocenters. The molecule has 1 aromatic rings. The topological polar surface area (TPSA) is 84.3 Å². The molecule has 0 aromatic carbocycles. The van der Waals surface area contributed by atoms with Gasteiger partial charge in [0.1, 0.15) is 6.23 Å². The molecule has 2 rings (SSSR count). The standard InChI is InChI=1S/C11H16N2O4/c1-7-6-13(11(16)12-10(7)15)9-3-2-8(17-9)4-5-14/h6,8-9,14H,2-5H2,1H3,(H,12,15,16). The van der Waals surface area contributed by atoms with Gasteiger partial charge in [-0.25, -0.2) is 4.79 Å². The zero-order valence-corrected chi connectivity index (χ0v) is 9.68. The van der Waals surface area contributed by atoms with Gasteiger partial charge in [0.05, 0.1) is 6.10 Å². The van der Waals surface area contributed by atoms with Crippen LogP contribution in [0.25, 0.3) is 0 Å². The van der Waals surface area contributed by atoms with Crippen LogP contribution in [-0.2, 0) is 4.74 Å². The summed E-state index contributed by atoms with van der Waals surface area (Å²) in [4.78, 5) is 25.1. The largest absolute Gasteiger partial charge is 0.396 e. The quantitative estimate of drug-likeness (QED) is 0.773. The normalized spacial score (nSPS) is 24.1. The van der Waals surface area contributed by atoms with Gasteiger partial charge in [0, 0.05) is 18.4 Å². The van der Waals surface area contributed by atoms with Crippen molar-refractivity contribution in [2.45, 2.75) is 38.5 Å². The van der Waals surface area contributed by atoms with Crippen LogP contribution in [0.15, 0.2) is 15.8 Å². The first-order valence-corrected chi connectivity index (χ1v) is 5.70. The summed E-state index contributed by atoms with van der Waals surface area (Å²) in [5.74, 6) is 0. The molecule has 1 aliphatic heterocycles. The first-order valence-electron chi connectivity index (χ1n) is 5.70. The lowest BCUT2D eigenvalue weighted by molar-refractivity contribution is -0.0103. The van der Waals surface area contributed by atoms with Gasteiger partial charge in [-0.3, -0.25) is 14.3 Å². The van der Waals surface area contributed by atoms with Gasteiger partial charge in [0.2, 0.25) is 0 Å². The lowest BCUT2D eigenvalue weighted by atomic mass is 10.2. The molecule has 0 aliphatic carbocycles. The second-order valence-corrected chi connectivity index (χ2v) is 4.28. The summed E-state index contributed by atoms with van der Waals surface area (Å²) in [5, 5.41) is 8.82. The minimum Gasteiger partial charge on any atom is -0.396 e. The van der Waals surface area contributed by atoms with Crippen LogP contribution in [0.4, 0.5) is 0 Å². The minimum absolute atomic E-state index is 0.0101. The van der Waals surface area contributed by atoms with E-state index in [9.17, 15) is 9.59 Å². The van der Waals surface area contributed by atoms with Gasteiger partial charge in [-0.05, 0) is 26.2 Å². The Morgan fingerprint density at radius 3 is 3.00 bits per heavy atom. The average molecular weight is 240 g/mol. The van der Waals surface area contributed by atoms with E-state index in [1.165, 1.54) is 10.8 Å². The average Bonchev–Trinajstić information content (AvgIpc) is 2.72. The number of H-pyrrole nitrogens is 1. The van der Waals surface area contributed by atoms with Gasteiger partial charge < -0.3 is 9.84 Å². The number of aliphatic hydroxyl groups excluding tert-OH is 1. The highest BCUT2D eigenvalue weighted by molar-refractivity contribution is 5.01. The van der Waals surface area contributed by atoms with Crippen LogP contribution < -0.4 is 11.2 Å². The molecule has 0 bridgehead atoms. The molecule has 0 spiro atoms. The van der Waals surface area contributed by atoms with Crippen LogP contribution in [0.3, 0.4) is 0 Å². The molecule has 0 radical (unpaired) electrons. The van der Waals surface area contributed by atoms with E-state index in [1.807, 2.05) is 0 Å². The van der Waals surface area contributed by atoms with E-state index in [2.05, 4.69) is 4.98 Å². The van der Waals surface area contributed by atoms with Gasteiger partial charge in [0.25, 0.3) is 5.56 Å². The highest BCUT2D eigenvalue weighted by Gasteiger charge is 2.26. The fourth-order valence-corrected chi connectivity index (χ4v) is 2.05. The van der Waals surface area contributed by atoms with Crippen molar-refractivity contribution >= 4 is 0 Å². The molecule has 2 heterocycles. The third-order valence-electron chi connectivity index (χ3n) is 2.99. The SMILES string of the molecule is Cc1cn(C2CCC(CCO)O2)c(=O)[nH]c1=O. The van der Waals surface area contributed by atoms with Gasteiger partial charge in [-0.2, -0.15) is 0 Å². The first-order chi connectivity index (χ1) is 8.11. The molecule has 0 saturated carbocycles. The molecular weight excluding hydrogens is 224 g/mol. The Balaban J connectivity index is 2.22. The van der Waals surface area contributed by atoms with Gasteiger partial charge >= 0.3 is 5.69 Å². The third-order valence-corrected chi connectivity index (χ3v) is 2.99. The Hall–Kier alpha value is -1.40. The number of hydrogen-bond donors (Lipinski definition) is 2. The summed E-state index contributed by atoms with van der Waals surface area (Å²) in [7, 11) is 0. The van der Waals surface area contributed by atoms with Crippen LogP contribution in [0.5, 0.6) is 0 Å². The first kappa shape index (κ1) is 12.1. The fourth-order valence-electron chi connectivity index (χ4n) is 2.05. The van der Waals surface area contributed by atoms with E-state index in [0.717, 1.165) is 12.8 Å². The number of nitrogens with zero attached hydrogens (tertiary/aromatic N) is 1. The van der Waals surface area contributed by atoms with Crippen molar-refractivity contribution in [2.75, 3.05) is 6.61 Å². The number of rotatable bonds is 3. The molecule has 2 N–H and O–H groups in total. The highest BCUT2D eigenvalue weighted by Crippen LogP contribution is 2.28. The molecule has 1 fully saturated rings. The van der Waals surface area contributed by atoms with Crippen molar-refractivity contribution < 1.29 is 9.84 Å². The van der Waals surface area contributed by atoms with Crippen LogP contribution in [-0.4, -0.2) is 27.4 Å². The number of nitrogens with one attached hydrogen (secondary N) is 1. The molecular formula is C11H16N2O4.